The lowest BCUT2D eigenvalue weighted by Crippen LogP contribution is -2.49. The Morgan fingerprint density at radius 3 is 0.947 bits per heavy atom. The van der Waals surface area contributed by atoms with E-state index in [9.17, 15) is 0 Å². The summed E-state index contributed by atoms with van der Waals surface area (Å²) in [5, 5.41) is 0. The van der Waals surface area contributed by atoms with Crippen LogP contribution in [0.15, 0.2) is 0 Å². The Hall–Kier alpha value is 0.392. The van der Waals surface area contributed by atoms with Crippen molar-refractivity contribution >= 4 is 27.4 Å². The van der Waals surface area contributed by atoms with Crippen LogP contribution in [0.3, 0.4) is 0 Å². The summed E-state index contributed by atoms with van der Waals surface area (Å²) >= 11 is 0. The first-order valence-corrected chi connectivity index (χ1v) is 7.10. The van der Waals surface area contributed by atoms with E-state index in [1.54, 1.807) is 27.7 Å². The SMILES string of the molecule is CCOO[Si](OOCC)(OOCC)OOCC.P.[B]. The maximum Gasteiger partial charge on any atom is 0.792 e. The van der Waals surface area contributed by atoms with Crippen molar-refractivity contribution in [2.24, 2.45) is 0 Å². The number of hydrogen-bond acceptors (Lipinski definition) is 8. The van der Waals surface area contributed by atoms with Gasteiger partial charge in [-0.1, -0.05) is 0 Å². The summed E-state index contributed by atoms with van der Waals surface area (Å²) in [5.74, 6) is 0. The average molecular weight is 317 g/mol. The van der Waals surface area contributed by atoms with Gasteiger partial charge in [0.1, 0.15) is 0 Å². The second kappa shape index (κ2) is 16.4. The molecule has 1 atom stereocenters. The van der Waals surface area contributed by atoms with Gasteiger partial charge in [0.05, 0.1) is 26.4 Å². The molecule has 3 radical (unpaired) electrons. The van der Waals surface area contributed by atoms with Crippen molar-refractivity contribution in [1.29, 1.82) is 0 Å². The van der Waals surface area contributed by atoms with Gasteiger partial charge in [0.2, 0.25) is 0 Å². The van der Waals surface area contributed by atoms with E-state index in [-0.39, 0.29) is 44.7 Å². The molecule has 11 heteroatoms. The van der Waals surface area contributed by atoms with E-state index in [1.807, 2.05) is 0 Å². The summed E-state index contributed by atoms with van der Waals surface area (Å²) in [6.07, 6.45) is 0. The highest BCUT2D eigenvalue weighted by molar-refractivity contribution is 6.92. The van der Waals surface area contributed by atoms with Gasteiger partial charge in [-0.15, -0.1) is 0 Å². The second-order valence-electron chi connectivity index (χ2n) is 2.46. The predicted octanol–water partition coefficient (Wildman–Crippen LogP) is 0.972. The van der Waals surface area contributed by atoms with E-state index in [2.05, 4.69) is 0 Å². The Balaban J connectivity index is -0.00000128. The molecule has 0 aliphatic carbocycles. The Bertz CT molecular complexity index is 143. The van der Waals surface area contributed by atoms with Gasteiger partial charge < -0.3 is 0 Å². The molecule has 0 saturated carbocycles. The molecule has 115 valence electrons. The molecule has 19 heavy (non-hydrogen) atoms. The average Bonchev–Trinajstić information content (AvgIpc) is 2.37. The molecular formula is C8H23BO8PSi. The summed E-state index contributed by atoms with van der Waals surface area (Å²) in [4.78, 5) is 18.9. The summed E-state index contributed by atoms with van der Waals surface area (Å²) < 4.78 is 19.5. The van der Waals surface area contributed by atoms with Gasteiger partial charge in [0.15, 0.2) is 0 Å². The first kappa shape index (κ1) is 24.4. The maximum absolute atomic E-state index is 4.88. The molecule has 0 fully saturated rings. The van der Waals surface area contributed by atoms with Crippen molar-refractivity contribution < 1.29 is 37.9 Å². The highest BCUT2D eigenvalue weighted by Crippen LogP contribution is 2.14. The van der Waals surface area contributed by atoms with E-state index >= 15 is 0 Å². The van der Waals surface area contributed by atoms with E-state index in [4.69, 9.17) is 37.9 Å². The molecule has 0 aliphatic heterocycles. The molecule has 0 aromatic carbocycles. The molecule has 0 amide bonds. The Morgan fingerprint density at radius 2 is 0.789 bits per heavy atom. The summed E-state index contributed by atoms with van der Waals surface area (Å²) in [5.41, 5.74) is 0. The topological polar surface area (TPSA) is 73.8 Å². The third kappa shape index (κ3) is 11.9. The normalized spacial score (nSPS) is 10.7. The number of hydrogen-bond donors (Lipinski definition) is 0. The van der Waals surface area contributed by atoms with Crippen LogP contribution in [0.4, 0.5) is 0 Å². The molecule has 0 aromatic heterocycles. The quantitative estimate of drug-likeness (QED) is 0.228. The van der Waals surface area contributed by atoms with Crippen LogP contribution in [0.2, 0.25) is 0 Å². The van der Waals surface area contributed by atoms with Crippen LogP contribution >= 0.6 is 9.90 Å². The van der Waals surface area contributed by atoms with Crippen molar-refractivity contribution in [3.05, 3.63) is 0 Å². The Labute approximate surface area is 120 Å². The monoisotopic (exact) mass is 317 g/mol. The lowest BCUT2D eigenvalue weighted by atomic mass is 10.8. The van der Waals surface area contributed by atoms with Gasteiger partial charge in [-0.2, -0.15) is 28.2 Å². The summed E-state index contributed by atoms with van der Waals surface area (Å²) in [7, 11) is -3.77. The summed E-state index contributed by atoms with van der Waals surface area (Å²) in [6, 6.07) is 0. The van der Waals surface area contributed by atoms with Crippen molar-refractivity contribution in [2.75, 3.05) is 26.4 Å². The van der Waals surface area contributed by atoms with Crippen LogP contribution < -0.4 is 0 Å². The van der Waals surface area contributed by atoms with Gasteiger partial charge in [-0.3, -0.25) is 0 Å². The van der Waals surface area contributed by atoms with Crippen LogP contribution in [0, 0.1) is 0 Å². The zero-order valence-electron chi connectivity index (χ0n) is 11.9. The zero-order chi connectivity index (χ0) is 13.0. The molecule has 0 saturated heterocycles. The van der Waals surface area contributed by atoms with Crippen molar-refractivity contribution in [2.45, 2.75) is 27.7 Å². The van der Waals surface area contributed by atoms with Gasteiger partial charge in [0, 0.05) is 8.41 Å². The third-order valence-electron chi connectivity index (χ3n) is 1.12. The molecule has 0 heterocycles. The molecule has 0 N–H and O–H groups in total. The minimum Gasteiger partial charge on any atom is -0.242 e. The first-order chi connectivity index (χ1) is 8.24. The third-order valence-corrected chi connectivity index (χ3v) is 2.40. The van der Waals surface area contributed by atoms with Crippen LogP contribution in [0.25, 0.3) is 0 Å². The predicted molar refractivity (Wildman–Crippen MR) is 73.5 cm³/mol. The van der Waals surface area contributed by atoms with Crippen molar-refractivity contribution in [3.8, 4) is 0 Å². The van der Waals surface area contributed by atoms with Crippen molar-refractivity contribution in [1.82, 2.24) is 0 Å². The molecule has 0 rings (SSSR count). The van der Waals surface area contributed by atoms with Crippen LogP contribution in [-0.4, -0.2) is 43.9 Å². The van der Waals surface area contributed by atoms with Crippen LogP contribution in [0.1, 0.15) is 27.7 Å². The van der Waals surface area contributed by atoms with E-state index in [0.29, 0.717) is 0 Å². The molecule has 0 spiro atoms. The molecule has 0 aliphatic rings. The minimum absolute atomic E-state index is 0. The molecule has 0 bridgehead atoms. The minimum atomic E-state index is -3.77. The lowest BCUT2D eigenvalue weighted by molar-refractivity contribution is -0.425. The van der Waals surface area contributed by atoms with Crippen molar-refractivity contribution in [3.63, 3.8) is 0 Å². The lowest BCUT2D eigenvalue weighted by Gasteiger charge is -2.22. The first-order valence-electron chi connectivity index (χ1n) is 5.47. The van der Waals surface area contributed by atoms with Gasteiger partial charge >= 0.3 is 9.05 Å². The van der Waals surface area contributed by atoms with Crippen LogP contribution in [-0.2, 0) is 37.9 Å². The van der Waals surface area contributed by atoms with E-state index in [1.165, 1.54) is 0 Å². The summed E-state index contributed by atoms with van der Waals surface area (Å²) in [6.45, 7) is 7.99. The molecule has 0 aromatic rings. The largest absolute Gasteiger partial charge is 0.792 e. The molecular weight excluding hydrogens is 294 g/mol. The fourth-order valence-electron chi connectivity index (χ4n) is 0.608. The van der Waals surface area contributed by atoms with Crippen LogP contribution in [0.5, 0.6) is 0 Å². The fourth-order valence-corrected chi connectivity index (χ4v) is 1.82. The number of rotatable bonds is 12. The standard InChI is InChI=1S/C8H20O8Si.B.H3P/c1-5-9-13-17(14-10-6-2,15-11-7-3)16-12-8-4;;/h5-8H2,1-4H3;;1H3. The smallest absolute Gasteiger partial charge is 0.242 e. The Kier molecular flexibility index (Phi) is 21.1. The van der Waals surface area contributed by atoms with E-state index in [0.717, 1.165) is 0 Å². The highest BCUT2D eigenvalue weighted by Gasteiger charge is 2.54. The second-order valence-corrected chi connectivity index (χ2v) is 4.13. The zero-order valence-corrected chi connectivity index (χ0v) is 14.3. The maximum atomic E-state index is 4.88. The van der Waals surface area contributed by atoms with Gasteiger partial charge in [-0.25, -0.2) is 19.6 Å². The van der Waals surface area contributed by atoms with E-state index < -0.39 is 9.05 Å². The molecule has 8 nitrogen and oxygen atoms in total. The Morgan fingerprint density at radius 1 is 0.579 bits per heavy atom. The van der Waals surface area contributed by atoms with Gasteiger partial charge in [0.25, 0.3) is 0 Å². The van der Waals surface area contributed by atoms with Gasteiger partial charge in [-0.05, 0) is 27.7 Å². The highest BCUT2D eigenvalue weighted by atomic mass is 31.0. The molecule has 1 unspecified atom stereocenters. The fraction of sp³-hybridized carbons (Fsp3) is 1.00.